The minimum Gasteiger partial charge on any atom is -0.302 e. The molecule has 0 heterocycles. The third kappa shape index (κ3) is 6.61. The van der Waals surface area contributed by atoms with Gasteiger partial charge in [-0.3, -0.25) is 4.52 Å². The Morgan fingerprint density at radius 1 is 1.24 bits per heavy atom. The van der Waals surface area contributed by atoms with E-state index in [1.807, 2.05) is 6.92 Å². The van der Waals surface area contributed by atoms with E-state index in [1.54, 1.807) is 6.08 Å². The molecule has 7 nitrogen and oxygen atoms in total. The van der Waals surface area contributed by atoms with Gasteiger partial charge >= 0.3 is 15.6 Å². The fraction of sp³-hybridized carbons (Fsp3) is 0.800. The van der Waals surface area contributed by atoms with Crippen LogP contribution in [0.15, 0.2) is 23.8 Å². The zero-order valence-corrected chi connectivity index (χ0v) is 19.8. The predicted molar refractivity (Wildman–Crippen MR) is 113 cm³/mol. The van der Waals surface area contributed by atoms with Crippen molar-refractivity contribution in [3.8, 4) is 0 Å². The van der Waals surface area contributed by atoms with Gasteiger partial charge in [0, 0.05) is 0 Å². The second-order valence-corrected chi connectivity index (χ2v) is 12.4. The number of phosphoric acid groups is 2. The summed E-state index contributed by atoms with van der Waals surface area (Å²) >= 11 is 0. The van der Waals surface area contributed by atoms with E-state index in [4.69, 9.17) is 9.79 Å². The Morgan fingerprint density at radius 2 is 1.90 bits per heavy atom. The molecule has 3 N–H and O–H groups in total. The van der Waals surface area contributed by atoms with Gasteiger partial charge in [0.15, 0.2) is 0 Å². The van der Waals surface area contributed by atoms with Crippen molar-refractivity contribution in [3.05, 3.63) is 23.8 Å². The summed E-state index contributed by atoms with van der Waals surface area (Å²) in [5, 5.41) is 0. The normalized spacial score (nSPS) is 32.5. The Kier molecular flexibility index (Phi) is 7.83. The fourth-order valence-corrected chi connectivity index (χ4v) is 7.24. The van der Waals surface area contributed by atoms with Crippen molar-refractivity contribution in [2.45, 2.75) is 72.6 Å². The van der Waals surface area contributed by atoms with E-state index in [1.165, 1.54) is 31.3 Å². The van der Waals surface area contributed by atoms with Gasteiger partial charge in [-0.15, -0.1) is 0 Å². The number of fused-ring (bicyclic) bond motifs is 1. The largest absolute Gasteiger partial charge is 0.481 e. The first-order chi connectivity index (χ1) is 13.2. The number of hydrogen-bond acceptors (Lipinski definition) is 4. The van der Waals surface area contributed by atoms with E-state index in [-0.39, 0.29) is 12.0 Å². The zero-order chi connectivity index (χ0) is 22.1. The van der Waals surface area contributed by atoms with E-state index in [9.17, 15) is 14.0 Å². The topological polar surface area (TPSA) is 113 Å². The molecule has 0 aromatic heterocycles. The first kappa shape index (κ1) is 25.0. The molecule has 29 heavy (non-hydrogen) atoms. The lowest BCUT2D eigenvalue weighted by Crippen LogP contribution is -2.49. The van der Waals surface area contributed by atoms with Crippen molar-refractivity contribution >= 4 is 15.6 Å². The maximum atomic E-state index is 11.5. The molecule has 0 aliphatic heterocycles. The second-order valence-electron chi connectivity index (χ2n) is 9.58. The number of phosphoric ester groups is 1. The maximum absolute atomic E-state index is 11.5. The van der Waals surface area contributed by atoms with Gasteiger partial charge in [0.25, 0.3) is 0 Å². The standard InChI is InChI=1S/C20H36O7P2/c1-15(11-14-26-29(24,25)27-28(21,22)23)7-9-17-16(2)8-10-18-19(3,4)12-6-13-20(17,18)5/h11,17-18H,2,6-10,12-14H2,1,3-5H3,(H,24,25)(H2,21,22,23)/b15-11+. The molecule has 9 heteroatoms. The molecule has 2 fully saturated rings. The average molecular weight is 450 g/mol. The van der Waals surface area contributed by atoms with Gasteiger partial charge in [0.2, 0.25) is 0 Å². The van der Waals surface area contributed by atoms with E-state index in [0.717, 1.165) is 24.8 Å². The van der Waals surface area contributed by atoms with Crippen molar-refractivity contribution < 1.29 is 32.6 Å². The smallest absolute Gasteiger partial charge is 0.302 e. The van der Waals surface area contributed by atoms with Crippen LogP contribution in [-0.2, 0) is 18.0 Å². The van der Waals surface area contributed by atoms with Gasteiger partial charge in [-0.25, -0.2) is 9.13 Å². The highest BCUT2D eigenvalue weighted by Crippen LogP contribution is 2.62. The molecule has 2 rings (SSSR count). The monoisotopic (exact) mass is 450 g/mol. The van der Waals surface area contributed by atoms with Crippen molar-refractivity contribution in [3.63, 3.8) is 0 Å². The Balaban J connectivity index is 1.97. The van der Waals surface area contributed by atoms with Gasteiger partial charge in [0.1, 0.15) is 0 Å². The summed E-state index contributed by atoms with van der Waals surface area (Å²) in [6, 6.07) is 0. The van der Waals surface area contributed by atoms with Crippen molar-refractivity contribution in [1.82, 2.24) is 0 Å². The molecule has 2 aliphatic carbocycles. The lowest BCUT2D eigenvalue weighted by atomic mass is 9.47. The molecule has 0 saturated heterocycles. The Morgan fingerprint density at radius 3 is 2.52 bits per heavy atom. The van der Waals surface area contributed by atoms with E-state index in [2.05, 4.69) is 36.2 Å². The molecule has 4 unspecified atom stereocenters. The number of hydrogen-bond donors (Lipinski definition) is 3. The van der Waals surface area contributed by atoms with Crippen LogP contribution in [0.5, 0.6) is 0 Å². The maximum Gasteiger partial charge on any atom is 0.481 e. The molecule has 0 amide bonds. The molecule has 0 aromatic carbocycles. The highest BCUT2D eigenvalue weighted by Gasteiger charge is 2.52. The Bertz CT molecular complexity index is 739. The quantitative estimate of drug-likeness (QED) is 0.319. The Hall–Kier alpha value is -0.260. The summed E-state index contributed by atoms with van der Waals surface area (Å²) in [4.78, 5) is 26.6. The minimum atomic E-state index is -5.09. The average Bonchev–Trinajstić information content (AvgIpc) is 2.50. The van der Waals surface area contributed by atoms with Crippen LogP contribution in [-0.4, -0.2) is 21.3 Å². The fourth-order valence-electron chi connectivity index (χ4n) is 5.71. The summed E-state index contributed by atoms with van der Waals surface area (Å²) in [7, 11) is -9.88. The number of rotatable bonds is 8. The van der Waals surface area contributed by atoms with E-state index < -0.39 is 15.6 Å². The van der Waals surface area contributed by atoms with Gasteiger partial charge in [-0.05, 0) is 68.1 Å². The summed E-state index contributed by atoms with van der Waals surface area (Å²) in [5.41, 5.74) is 2.94. The summed E-state index contributed by atoms with van der Waals surface area (Å²) in [6.45, 7) is 13.3. The molecule has 2 aliphatic rings. The minimum absolute atomic E-state index is 0.252. The van der Waals surface area contributed by atoms with Crippen LogP contribution in [0.3, 0.4) is 0 Å². The molecule has 2 saturated carbocycles. The van der Waals surface area contributed by atoms with Gasteiger partial charge in [0.05, 0.1) is 6.61 Å². The third-order valence-electron chi connectivity index (χ3n) is 7.03. The first-order valence-corrected chi connectivity index (χ1v) is 13.3. The van der Waals surface area contributed by atoms with Gasteiger partial charge in [-0.1, -0.05) is 51.0 Å². The highest BCUT2D eigenvalue weighted by molar-refractivity contribution is 7.60. The van der Waals surface area contributed by atoms with Crippen molar-refractivity contribution in [2.75, 3.05) is 6.61 Å². The van der Waals surface area contributed by atoms with Crippen LogP contribution in [0.2, 0.25) is 0 Å². The van der Waals surface area contributed by atoms with Crippen molar-refractivity contribution in [2.24, 2.45) is 22.7 Å². The third-order valence-corrected chi connectivity index (χ3v) is 9.18. The van der Waals surface area contributed by atoms with Crippen LogP contribution in [0.4, 0.5) is 0 Å². The molecule has 0 radical (unpaired) electrons. The zero-order valence-electron chi connectivity index (χ0n) is 18.0. The lowest BCUT2D eigenvalue weighted by molar-refractivity contribution is -0.0539. The van der Waals surface area contributed by atoms with Crippen LogP contribution in [0.25, 0.3) is 0 Å². The molecular formula is C20H36O7P2. The first-order valence-electron chi connectivity index (χ1n) is 10.2. The second kappa shape index (κ2) is 9.08. The van der Waals surface area contributed by atoms with Crippen LogP contribution >= 0.6 is 15.6 Å². The highest BCUT2D eigenvalue weighted by atomic mass is 31.3. The number of allylic oxidation sites excluding steroid dienone is 2. The Labute approximate surface area is 174 Å². The summed E-state index contributed by atoms with van der Waals surface area (Å²) < 4.78 is 30.6. The van der Waals surface area contributed by atoms with Gasteiger partial charge in [-0.2, -0.15) is 4.31 Å². The van der Waals surface area contributed by atoms with Crippen LogP contribution < -0.4 is 0 Å². The SMILES string of the molecule is C=C1CCC2C(C)(C)CCCC2(C)C1CC/C(C)=C/COP(=O)(O)OP(=O)(O)O. The molecular weight excluding hydrogens is 414 g/mol. The van der Waals surface area contributed by atoms with Crippen LogP contribution in [0.1, 0.15) is 72.6 Å². The van der Waals surface area contributed by atoms with Crippen molar-refractivity contribution in [1.29, 1.82) is 0 Å². The molecule has 4 atom stereocenters. The molecule has 168 valence electrons. The van der Waals surface area contributed by atoms with Gasteiger partial charge < -0.3 is 14.7 Å². The van der Waals surface area contributed by atoms with Crippen LogP contribution in [0, 0.1) is 22.7 Å². The van der Waals surface area contributed by atoms with E-state index in [0.29, 0.717) is 17.3 Å². The molecule has 0 bridgehead atoms. The van der Waals surface area contributed by atoms with E-state index >= 15 is 0 Å². The molecule has 0 spiro atoms. The summed E-state index contributed by atoms with van der Waals surface area (Å²) in [5.74, 6) is 1.14. The lowest BCUT2D eigenvalue weighted by Gasteiger charge is -2.58. The summed E-state index contributed by atoms with van der Waals surface area (Å²) in [6.07, 6.45) is 9.48. The predicted octanol–water partition coefficient (Wildman–Crippen LogP) is 5.74. The molecule has 0 aromatic rings.